The van der Waals surface area contributed by atoms with Gasteiger partial charge in [0, 0.05) is 11.4 Å². The molecule has 0 aromatic heterocycles. The maximum Gasteiger partial charge on any atom is 0.0370 e. The first-order chi connectivity index (χ1) is 7.16. The highest BCUT2D eigenvalue weighted by molar-refractivity contribution is 5.57. The van der Waals surface area contributed by atoms with Crippen molar-refractivity contribution in [2.45, 2.75) is 18.8 Å². The van der Waals surface area contributed by atoms with Crippen LogP contribution in [-0.4, -0.2) is 25.0 Å². The van der Waals surface area contributed by atoms with Crippen LogP contribution in [0.15, 0.2) is 18.2 Å². The fraction of sp³-hybridized carbons (Fsp3) is 0.500. The molecule has 1 saturated heterocycles. The third kappa shape index (κ3) is 2.23. The summed E-state index contributed by atoms with van der Waals surface area (Å²) in [6.45, 7) is 2.32. The summed E-state index contributed by atoms with van der Waals surface area (Å²) in [4.78, 5) is 2.37. The summed E-state index contributed by atoms with van der Waals surface area (Å²) < 4.78 is 0. The molecule has 3 nitrogen and oxygen atoms in total. The van der Waals surface area contributed by atoms with Gasteiger partial charge in [-0.05, 0) is 56.6 Å². The third-order valence-corrected chi connectivity index (χ3v) is 3.27. The van der Waals surface area contributed by atoms with E-state index in [2.05, 4.69) is 18.0 Å². The molecule has 4 N–H and O–H groups in total. The van der Waals surface area contributed by atoms with Crippen molar-refractivity contribution in [2.75, 3.05) is 31.6 Å². The van der Waals surface area contributed by atoms with E-state index in [1.54, 1.807) is 0 Å². The quantitative estimate of drug-likeness (QED) is 0.686. The first-order valence-electron chi connectivity index (χ1n) is 5.50. The Hall–Kier alpha value is -1.22. The number of nitrogens with two attached hydrogens (primary N) is 2. The van der Waals surface area contributed by atoms with E-state index in [0.29, 0.717) is 5.92 Å². The lowest BCUT2D eigenvalue weighted by Gasteiger charge is -2.29. The van der Waals surface area contributed by atoms with E-state index in [9.17, 15) is 0 Å². The third-order valence-electron chi connectivity index (χ3n) is 3.27. The van der Waals surface area contributed by atoms with Gasteiger partial charge in [0.15, 0.2) is 0 Å². The molecular formula is C12H19N3. The van der Waals surface area contributed by atoms with E-state index in [1.807, 2.05) is 12.1 Å². The van der Waals surface area contributed by atoms with Gasteiger partial charge in [0.25, 0.3) is 0 Å². The number of nitrogens with zero attached hydrogens (tertiary/aromatic N) is 1. The highest BCUT2D eigenvalue weighted by Gasteiger charge is 2.19. The normalized spacial score (nSPS) is 19.3. The molecule has 0 amide bonds. The molecule has 0 unspecified atom stereocenters. The summed E-state index contributed by atoms with van der Waals surface area (Å²) in [6, 6.07) is 5.90. The summed E-state index contributed by atoms with van der Waals surface area (Å²) in [5, 5.41) is 0. The molecule has 1 fully saturated rings. The fourth-order valence-corrected chi connectivity index (χ4v) is 2.28. The van der Waals surface area contributed by atoms with Crippen LogP contribution in [0, 0.1) is 0 Å². The van der Waals surface area contributed by atoms with Crippen molar-refractivity contribution < 1.29 is 0 Å². The molecule has 1 aromatic rings. The molecule has 0 atom stereocenters. The van der Waals surface area contributed by atoms with Crippen LogP contribution >= 0.6 is 0 Å². The van der Waals surface area contributed by atoms with Crippen LogP contribution in [-0.2, 0) is 0 Å². The number of anilines is 2. The van der Waals surface area contributed by atoms with Gasteiger partial charge in [-0.2, -0.15) is 0 Å². The van der Waals surface area contributed by atoms with Crippen molar-refractivity contribution in [2.24, 2.45) is 0 Å². The zero-order valence-corrected chi connectivity index (χ0v) is 9.24. The molecule has 0 spiro atoms. The molecule has 1 aromatic carbocycles. The Morgan fingerprint density at radius 1 is 1.20 bits per heavy atom. The Morgan fingerprint density at radius 2 is 1.87 bits per heavy atom. The monoisotopic (exact) mass is 205 g/mol. The molecule has 0 bridgehead atoms. The van der Waals surface area contributed by atoms with Crippen molar-refractivity contribution in [3.8, 4) is 0 Å². The molecule has 2 rings (SSSR count). The number of nitrogen functional groups attached to an aromatic ring is 2. The van der Waals surface area contributed by atoms with E-state index in [0.717, 1.165) is 24.5 Å². The summed E-state index contributed by atoms with van der Waals surface area (Å²) >= 11 is 0. The molecular weight excluding hydrogens is 186 g/mol. The largest absolute Gasteiger partial charge is 0.399 e. The van der Waals surface area contributed by atoms with Gasteiger partial charge in [-0.15, -0.1) is 0 Å². The SMILES string of the molecule is CN1CCC(c2ccc(N)cc2N)CC1. The Labute approximate surface area is 91.1 Å². The number of hydrogen-bond donors (Lipinski definition) is 2. The maximum atomic E-state index is 5.99. The zero-order chi connectivity index (χ0) is 10.8. The van der Waals surface area contributed by atoms with Crippen molar-refractivity contribution in [1.82, 2.24) is 4.90 Å². The fourth-order valence-electron chi connectivity index (χ4n) is 2.28. The lowest BCUT2D eigenvalue weighted by atomic mass is 9.88. The van der Waals surface area contributed by atoms with Gasteiger partial charge in [-0.3, -0.25) is 0 Å². The van der Waals surface area contributed by atoms with Gasteiger partial charge < -0.3 is 16.4 Å². The minimum atomic E-state index is 0.613. The topological polar surface area (TPSA) is 55.3 Å². The summed E-state index contributed by atoms with van der Waals surface area (Å²) in [6.07, 6.45) is 2.40. The predicted molar refractivity (Wildman–Crippen MR) is 64.7 cm³/mol. The van der Waals surface area contributed by atoms with Crippen LogP contribution in [0.2, 0.25) is 0 Å². The molecule has 1 heterocycles. The molecule has 15 heavy (non-hydrogen) atoms. The first-order valence-corrected chi connectivity index (χ1v) is 5.50. The van der Waals surface area contributed by atoms with Crippen LogP contribution in [0.1, 0.15) is 24.3 Å². The second-order valence-corrected chi connectivity index (χ2v) is 4.47. The van der Waals surface area contributed by atoms with Gasteiger partial charge in [-0.25, -0.2) is 0 Å². The van der Waals surface area contributed by atoms with E-state index in [4.69, 9.17) is 11.5 Å². The molecule has 1 aliphatic heterocycles. The van der Waals surface area contributed by atoms with E-state index >= 15 is 0 Å². The van der Waals surface area contributed by atoms with Crippen LogP contribution in [0.3, 0.4) is 0 Å². The molecule has 0 saturated carbocycles. The van der Waals surface area contributed by atoms with Crippen molar-refractivity contribution in [1.29, 1.82) is 0 Å². The molecule has 1 aliphatic rings. The van der Waals surface area contributed by atoms with Gasteiger partial charge in [0.1, 0.15) is 0 Å². The summed E-state index contributed by atoms with van der Waals surface area (Å²) in [7, 11) is 2.17. The molecule has 0 radical (unpaired) electrons. The summed E-state index contributed by atoms with van der Waals surface area (Å²) in [5.74, 6) is 0.613. The zero-order valence-electron chi connectivity index (χ0n) is 9.24. The first kappa shape index (κ1) is 10.3. The van der Waals surface area contributed by atoms with Crippen molar-refractivity contribution in [3.63, 3.8) is 0 Å². The number of likely N-dealkylation sites (tertiary alicyclic amines) is 1. The molecule has 0 aliphatic carbocycles. The van der Waals surface area contributed by atoms with Gasteiger partial charge in [-0.1, -0.05) is 6.07 Å². The average Bonchev–Trinajstić information content (AvgIpc) is 2.20. The Balaban J connectivity index is 2.15. The number of rotatable bonds is 1. The van der Waals surface area contributed by atoms with Crippen molar-refractivity contribution >= 4 is 11.4 Å². The summed E-state index contributed by atoms with van der Waals surface area (Å²) in [5.41, 5.74) is 14.6. The minimum absolute atomic E-state index is 0.613. The van der Waals surface area contributed by atoms with Crippen LogP contribution in [0.5, 0.6) is 0 Å². The van der Waals surface area contributed by atoms with Gasteiger partial charge in [0.2, 0.25) is 0 Å². The minimum Gasteiger partial charge on any atom is -0.399 e. The van der Waals surface area contributed by atoms with Gasteiger partial charge in [0.05, 0.1) is 0 Å². The Kier molecular flexibility index (Phi) is 2.82. The maximum absolute atomic E-state index is 5.99. The Bertz CT molecular complexity index is 341. The number of benzene rings is 1. The standard InChI is InChI=1S/C12H19N3/c1-15-6-4-9(5-7-15)11-3-2-10(13)8-12(11)14/h2-3,8-9H,4-7,13-14H2,1H3. The second-order valence-electron chi connectivity index (χ2n) is 4.47. The lowest BCUT2D eigenvalue weighted by Crippen LogP contribution is -2.29. The number of piperidine rings is 1. The van der Waals surface area contributed by atoms with Crippen LogP contribution in [0.4, 0.5) is 11.4 Å². The smallest absolute Gasteiger partial charge is 0.0370 e. The van der Waals surface area contributed by atoms with Crippen LogP contribution in [0.25, 0.3) is 0 Å². The van der Waals surface area contributed by atoms with Crippen molar-refractivity contribution in [3.05, 3.63) is 23.8 Å². The van der Waals surface area contributed by atoms with E-state index in [1.165, 1.54) is 18.4 Å². The van der Waals surface area contributed by atoms with Gasteiger partial charge >= 0.3 is 0 Å². The van der Waals surface area contributed by atoms with Crippen LogP contribution < -0.4 is 11.5 Å². The van der Waals surface area contributed by atoms with E-state index in [-0.39, 0.29) is 0 Å². The lowest BCUT2D eigenvalue weighted by molar-refractivity contribution is 0.255. The Morgan fingerprint density at radius 3 is 2.47 bits per heavy atom. The number of hydrogen-bond acceptors (Lipinski definition) is 3. The van der Waals surface area contributed by atoms with E-state index < -0.39 is 0 Å². The molecule has 3 heteroatoms. The highest BCUT2D eigenvalue weighted by atomic mass is 15.1. The predicted octanol–water partition coefficient (Wildman–Crippen LogP) is 1.66. The average molecular weight is 205 g/mol. The molecule has 82 valence electrons. The highest BCUT2D eigenvalue weighted by Crippen LogP contribution is 2.32. The second kappa shape index (κ2) is 4.11.